The van der Waals surface area contributed by atoms with Crippen LogP contribution in [0.1, 0.15) is 6.42 Å². The Kier molecular flexibility index (Phi) is 5.82. The molecule has 5 heteroatoms. The van der Waals surface area contributed by atoms with Crippen molar-refractivity contribution in [3.63, 3.8) is 0 Å². The summed E-state index contributed by atoms with van der Waals surface area (Å²) in [5.74, 6) is 1.40. The predicted molar refractivity (Wildman–Crippen MR) is 115 cm³/mol. The molecule has 0 N–H and O–H groups in total. The highest BCUT2D eigenvalue weighted by Gasteiger charge is 2.17. The quantitative estimate of drug-likeness (QED) is 0.355. The molecule has 0 aliphatic carbocycles. The molecule has 146 valence electrons. The zero-order valence-corrected chi connectivity index (χ0v) is 16.4. The van der Waals surface area contributed by atoms with Gasteiger partial charge in [-0.1, -0.05) is 60.1 Å². The summed E-state index contributed by atoms with van der Waals surface area (Å²) in [7, 11) is 0. The van der Waals surface area contributed by atoms with Crippen molar-refractivity contribution in [2.75, 3.05) is 13.2 Å². The second-order valence-electron chi connectivity index (χ2n) is 6.46. The fourth-order valence-corrected chi connectivity index (χ4v) is 3.17. The van der Waals surface area contributed by atoms with E-state index in [9.17, 15) is 4.79 Å². The molecular formula is C24H19ClO4. The molecule has 3 aromatic carbocycles. The van der Waals surface area contributed by atoms with Crippen molar-refractivity contribution in [2.24, 2.45) is 0 Å². The van der Waals surface area contributed by atoms with Crippen molar-refractivity contribution in [1.29, 1.82) is 0 Å². The van der Waals surface area contributed by atoms with Crippen molar-refractivity contribution in [1.82, 2.24) is 0 Å². The Hall–Kier alpha value is -3.24. The first-order valence-electron chi connectivity index (χ1n) is 9.35. The second kappa shape index (κ2) is 8.84. The van der Waals surface area contributed by atoms with Gasteiger partial charge in [0.1, 0.15) is 11.3 Å². The molecule has 4 aromatic rings. The van der Waals surface area contributed by atoms with E-state index in [1.54, 1.807) is 18.2 Å². The molecule has 0 aliphatic heterocycles. The molecule has 0 radical (unpaired) electrons. The molecule has 0 atom stereocenters. The molecule has 0 amide bonds. The third kappa shape index (κ3) is 4.44. The summed E-state index contributed by atoms with van der Waals surface area (Å²) >= 11 is 6.07. The van der Waals surface area contributed by atoms with E-state index in [4.69, 9.17) is 25.5 Å². The molecule has 1 aromatic heterocycles. The smallest absolute Gasteiger partial charge is 0.235 e. The minimum absolute atomic E-state index is 0.186. The van der Waals surface area contributed by atoms with Crippen LogP contribution in [0, 0.1) is 0 Å². The lowest BCUT2D eigenvalue weighted by Crippen LogP contribution is -2.13. The SMILES string of the molecule is O=c1c(OCCCOc2ccccc2)c(-c2ccccc2)oc2ccc(Cl)cc12. The summed E-state index contributed by atoms with van der Waals surface area (Å²) in [6, 6.07) is 24.0. The second-order valence-corrected chi connectivity index (χ2v) is 6.90. The van der Waals surface area contributed by atoms with Crippen molar-refractivity contribution in [2.45, 2.75) is 6.42 Å². The number of para-hydroxylation sites is 1. The van der Waals surface area contributed by atoms with Crippen LogP contribution in [0.4, 0.5) is 0 Å². The molecule has 0 unspecified atom stereocenters. The first kappa shape index (κ1) is 19.1. The molecule has 0 aliphatic rings. The Morgan fingerprint density at radius 3 is 2.28 bits per heavy atom. The number of ether oxygens (including phenoxy) is 2. The Bertz CT molecular complexity index is 1150. The van der Waals surface area contributed by atoms with Gasteiger partial charge in [-0.2, -0.15) is 0 Å². The normalized spacial score (nSPS) is 10.8. The van der Waals surface area contributed by atoms with Gasteiger partial charge in [0.2, 0.25) is 11.2 Å². The van der Waals surface area contributed by atoms with Gasteiger partial charge in [-0.25, -0.2) is 0 Å². The van der Waals surface area contributed by atoms with E-state index in [-0.39, 0.29) is 11.2 Å². The summed E-state index contributed by atoms with van der Waals surface area (Å²) in [4.78, 5) is 13.1. The lowest BCUT2D eigenvalue weighted by Gasteiger charge is -2.12. The van der Waals surface area contributed by atoms with Crippen LogP contribution in [0.25, 0.3) is 22.3 Å². The number of fused-ring (bicyclic) bond motifs is 1. The van der Waals surface area contributed by atoms with Crippen LogP contribution in [0.5, 0.6) is 11.5 Å². The van der Waals surface area contributed by atoms with E-state index < -0.39 is 0 Å². The van der Waals surface area contributed by atoms with Crippen LogP contribution in [0.3, 0.4) is 0 Å². The zero-order chi connectivity index (χ0) is 20.1. The molecule has 4 rings (SSSR count). The van der Waals surface area contributed by atoms with Crippen molar-refractivity contribution < 1.29 is 13.9 Å². The van der Waals surface area contributed by atoms with E-state index in [1.165, 1.54) is 0 Å². The highest BCUT2D eigenvalue weighted by molar-refractivity contribution is 6.31. The van der Waals surface area contributed by atoms with Gasteiger partial charge in [-0.3, -0.25) is 4.79 Å². The van der Waals surface area contributed by atoms with Crippen LogP contribution in [0.15, 0.2) is 88.1 Å². The molecule has 0 saturated carbocycles. The van der Waals surface area contributed by atoms with Gasteiger partial charge >= 0.3 is 0 Å². The lowest BCUT2D eigenvalue weighted by molar-refractivity contribution is 0.244. The summed E-state index contributed by atoms with van der Waals surface area (Å²) < 4.78 is 17.6. The predicted octanol–water partition coefficient (Wildman–Crippen LogP) is 5.96. The van der Waals surface area contributed by atoms with Gasteiger partial charge in [-0.15, -0.1) is 0 Å². The minimum Gasteiger partial charge on any atom is -0.493 e. The summed E-state index contributed by atoms with van der Waals surface area (Å²) in [6.07, 6.45) is 0.621. The summed E-state index contributed by atoms with van der Waals surface area (Å²) in [5.41, 5.74) is 1.01. The molecule has 1 heterocycles. The van der Waals surface area contributed by atoms with Crippen LogP contribution < -0.4 is 14.9 Å². The van der Waals surface area contributed by atoms with Gasteiger partial charge < -0.3 is 13.9 Å². The van der Waals surface area contributed by atoms with Crippen molar-refractivity contribution >= 4 is 22.6 Å². The largest absolute Gasteiger partial charge is 0.493 e. The van der Waals surface area contributed by atoms with Crippen molar-refractivity contribution in [3.05, 3.63) is 94.1 Å². The Balaban J connectivity index is 1.58. The van der Waals surface area contributed by atoms with Crippen LogP contribution >= 0.6 is 11.6 Å². The fourth-order valence-electron chi connectivity index (χ4n) is 3.00. The summed E-state index contributed by atoms with van der Waals surface area (Å²) in [5, 5.41) is 0.868. The van der Waals surface area contributed by atoms with E-state index >= 15 is 0 Å². The van der Waals surface area contributed by atoms with E-state index in [0.29, 0.717) is 41.4 Å². The van der Waals surface area contributed by atoms with Gasteiger partial charge in [0, 0.05) is 17.0 Å². The maximum Gasteiger partial charge on any atom is 0.235 e. The first-order valence-corrected chi connectivity index (χ1v) is 9.72. The number of hydrogen-bond donors (Lipinski definition) is 0. The fraction of sp³-hybridized carbons (Fsp3) is 0.125. The molecule has 0 saturated heterocycles. The molecule has 29 heavy (non-hydrogen) atoms. The van der Waals surface area contributed by atoms with Gasteiger partial charge in [0.05, 0.1) is 18.6 Å². The molecule has 4 nitrogen and oxygen atoms in total. The van der Waals surface area contributed by atoms with Crippen LogP contribution in [-0.4, -0.2) is 13.2 Å². The maximum atomic E-state index is 13.1. The monoisotopic (exact) mass is 406 g/mol. The third-order valence-electron chi connectivity index (χ3n) is 4.39. The molecule has 0 fully saturated rings. The Morgan fingerprint density at radius 2 is 1.52 bits per heavy atom. The number of halogens is 1. The Labute approximate surface area is 173 Å². The number of hydrogen-bond acceptors (Lipinski definition) is 4. The average molecular weight is 407 g/mol. The molecule has 0 spiro atoms. The summed E-state index contributed by atoms with van der Waals surface area (Å²) in [6.45, 7) is 0.804. The zero-order valence-electron chi connectivity index (χ0n) is 15.6. The van der Waals surface area contributed by atoms with Gasteiger partial charge in [0.15, 0.2) is 5.76 Å². The molecule has 0 bridgehead atoms. The maximum absolute atomic E-state index is 13.1. The number of benzene rings is 3. The van der Waals surface area contributed by atoms with E-state index in [0.717, 1.165) is 11.3 Å². The van der Waals surface area contributed by atoms with Gasteiger partial charge in [0.25, 0.3) is 0 Å². The van der Waals surface area contributed by atoms with Gasteiger partial charge in [-0.05, 0) is 30.3 Å². The van der Waals surface area contributed by atoms with E-state index in [1.807, 2.05) is 60.7 Å². The average Bonchev–Trinajstić information content (AvgIpc) is 2.76. The van der Waals surface area contributed by atoms with Crippen molar-refractivity contribution in [3.8, 4) is 22.8 Å². The van der Waals surface area contributed by atoms with Crippen LogP contribution in [0.2, 0.25) is 5.02 Å². The van der Waals surface area contributed by atoms with Crippen LogP contribution in [-0.2, 0) is 0 Å². The first-order chi connectivity index (χ1) is 14.2. The third-order valence-corrected chi connectivity index (χ3v) is 4.63. The highest BCUT2D eigenvalue weighted by Crippen LogP contribution is 2.31. The number of rotatable bonds is 7. The Morgan fingerprint density at radius 1 is 0.828 bits per heavy atom. The topological polar surface area (TPSA) is 48.7 Å². The standard InChI is InChI=1S/C24H19ClO4/c25-18-12-13-21-20(16-18)22(26)24(23(29-21)17-8-3-1-4-9-17)28-15-7-14-27-19-10-5-2-6-11-19/h1-6,8-13,16H,7,14-15H2. The molecular weight excluding hydrogens is 388 g/mol. The minimum atomic E-state index is -0.239. The van der Waals surface area contributed by atoms with E-state index in [2.05, 4.69) is 0 Å². The lowest BCUT2D eigenvalue weighted by atomic mass is 10.1. The highest BCUT2D eigenvalue weighted by atomic mass is 35.5.